The minimum atomic E-state index is -0.528. The fourth-order valence-electron chi connectivity index (χ4n) is 3.04. The Morgan fingerprint density at radius 2 is 1.41 bits per heavy atom. The third kappa shape index (κ3) is 2.82. The topological polar surface area (TPSA) is 46.5 Å². The molecule has 0 radical (unpaired) electrons. The fourth-order valence-corrected chi connectivity index (χ4v) is 3.04. The lowest BCUT2D eigenvalue weighted by Gasteiger charge is -2.54. The number of carbonyl (C=O) groups excluding carboxylic acids is 1. The van der Waals surface area contributed by atoms with Crippen LogP contribution in [0.4, 0.5) is 0 Å². The zero-order valence-electron chi connectivity index (χ0n) is 12.5. The first-order valence-corrected chi connectivity index (χ1v) is 6.28. The van der Waals surface area contributed by atoms with Crippen molar-refractivity contribution in [1.82, 2.24) is 0 Å². The lowest BCUT2D eigenvalue weighted by Crippen LogP contribution is -2.52. The van der Waals surface area contributed by atoms with Crippen molar-refractivity contribution in [2.75, 3.05) is 0 Å². The van der Waals surface area contributed by atoms with Gasteiger partial charge in [0.15, 0.2) is 0 Å². The van der Waals surface area contributed by atoms with Gasteiger partial charge >= 0.3 is 5.97 Å². The molecular weight excluding hydrogens is 216 g/mol. The molecule has 0 rings (SSSR count). The van der Waals surface area contributed by atoms with E-state index in [-0.39, 0.29) is 22.2 Å². The molecule has 0 aliphatic rings. The molecule has 0 spiro atoms. The summed E-state index contributed by atoms with van der Waals surface area (Å²) in [5.74, 6) is -0.840. The van der Waals surface area contributed by atoms with Gasteiger partial charge in [0, 0.05) is 0 Å². The normalized spacial score (nSPS) is 15.6. The van der Waals surface area contributed by atoms with Crippen LogP contribution in [0.5, 0.6) is 0 Å². The maximum Gasteiger partial charge on any atom is 0.345 e. The summed E-state index contributed by atoms with van der Waals surface area (Å²) in [6.07, 6.45) is 0.657. The van der Waals surface area contributed by atoms with Crippen LogP contribution in [0.1, 0.15) is 61.8 Å². The number of carbonyl (C=O) groups is 1. The molecule has 0 fully saturated rings. The Labute approximate surface area is 105 Å². The van der Waals surface area contributed by atoms with Crippen molar-refractivity contribution in [2.45, 2.75) is 61.8 Å². The highest BCUT2D eigenvalue weighted by molar-refractivity contribution is 5.73. The Hall–Kier alpha value is -0.570. The van der Waals surface area contributed by atoms with E-state index < -0.39 is 5.97 Å². The second-order valence-electron chi connectivity index (χ2n) is 7.07. The van der Waals surface area contributed by atoms with Crippen LogP contribution in [-0.4, -0.2) is 11.2 Å². The van der Waals surface area contributed by atoms with Crippen molar-refractivity contribution in [3.63, 3.8) is 0 Å². The van der Waals surface area contributed by atoms with E-state index in [1.165, 1.54) is 0 Å². The standard InChI is InChI=1S/C14H28O3/c1-9-10(11(15)17-16)14(8,12(2,3)4)13(5,6)7/h10,16H,9H2,1-8H3. The SMILES string of the molecule is CCC(C(=O)OO)C(C)(C(C)(C)C)C(C)(C)C. The van der Waals surface area contributed by atoms with Gasteiger partial charge in [-0.15, -0.1) is 0 Å². The van der Waals surface area contributed by atoms with E-state index in [0.29, 0.717) is 6.42 Å². The van der Waals surface area contributed by atoms with Crippen molar-refractivity contribution in [1.29, 1.82) is 0 Å². The Kier molecular flexibility index (Phi) is 4.80. The third-order valence-corrected chi connectivity index (χ3v) is 4.60. The van der Waals surface area contributed by atoms with E-state index in [4.69, 9.17) is 5.26 Å². The van der Waals surface area contributed by atoms with Crippen LogP contribution < -0.4 is 0 Å². The van der Waals surface area contributed by atoms with Crippen LogP contribution in [0.15, 0.2) is 0 Å². The molecule has 0 heterocycles. The van der Waals surface area contributed by atoms with Crippen molar-refractivity contribution < 1.29 is 14.9 Å². The molecule has 0 aromatic rings. The molecule has 0 bridgehead atoms. The summed E-state index contributed by atoms with van der Waals surface area (Å²) in [5.41, 5.74) is -0.408. The van der Waals surface area contributed by atoms with Gasteiger partial charge in [0.2, 0.25) is 0 Å². The molecular formula is C14H28O3. The Balaban J connectivity index is 5.71. The fraction of sp³-hybridized carbons (Fsp3) is 0.929. The van der Waals surface area contributed by atoms with Gasteiger partial charge in [-0.05, 0) is 22.7 Å². The number of hydrogen-bond acceptors (Lipinski definition) is 3. The minimum absolute atomic E-state index is 0.0693. The molecule has 0 aromatic heterocycles. The summed E-state index contributed by atoms with van der Waals surface area (Å²) in [6, 6.07) is 0. The second kappa shape index (κ2) is 4.97. The lowest BCUT2D eigenvalue weighted by molar-refractivity contribution is -0.248. The average molecular weight is 244 g/mol. The smallest absolute Gasteiger partial charge is 0.301 e. The molecule has 1 N–H and O–H groups in total. The van der Waals surface area contributed by atoms with Gasteiger partial charge < -0.3 is 4.89 Å². The molecule has 1 atom stereocenters. The van der Waals surface area contributed by atoms with Crippen molar-refractivity contribution in [2.24, 2.45) is 22.2 Å². The Morgan fingerprint density at radius 3 is 1.59 bits per heavy atom. The minimum Gasteiger partial charge on any atom is -0.301 e. The van der Waals surface area contributed by atoms with E-state index in [2.05, 4.69) is 53.4 Å². The van der Waals surface area contributed by atoms with Crippen LogP contribution in [0.3, 0.4) is 0 Å². The van der Waals surface area contributed by atoms with E-state index in [1.54, 1.807) is 0 Å². The summed E-state index contributed by atoms with van der Waals surface area (Å²) in [4.78, 5) is 15.8. The highest BCUT2D eigenvalue weighted by Crippen LogP contribution is 2.57. The molecule has 0 aliphatic heterocycles. The maximum atomic E-state index is 11.8. The van der Waals surface area contributed by atoms with Gasteiger partial charge in [0.1, 0.15) is 0 Å². The summed E-state index contributed by atoms with van der Waals surface area (Å²) in [6.45, 7) is 16.8. The van der Waals surface area contributed by atoms with E-state index in [0.717, 1.165) is 0 Å². The van der Waals surface area contributed by atoms with Crippen LogP contribution in [0.2, 0.25) is 0 Å². The quantitative estimate of drug-likeness (QED) is 0.600. The van der Waals surface area contributed by atoms with E-state index in [9.17, 15) is 4.79 Å². The summed E-state index contributed by atoms with van der Waals surface area (Å²) in [5, 5.41) is 8.68. The first kappa shape index (κ1) is 16.4. The molecule has 102 valence electrons. The van der Waals surface area contributed by atoms with Gasteiger partial charge in [-0.1, -0.05) is 55.4 Å². The largest absolute Gasteiger partial charge is 0.345 e. The summed E-state index contributed by atoms with van der Waals surface area (Å²) in [7, 11) is 0. The van der Waals surface area contributed by atoms with Gasteiger partial charge in [-0.25, -0.2) is 4.79 Å². The summed E-state index contributed by atoms with van der Waals surface area (Å²) < 4.78 is 0. The highest BCUT2D eigenvalue weighted by Gasteiger charge is 2.54. The molecule has 0 amide bonds. The van der Waals surface area contributed by atoms with Crippen molar-refractivity contribution >= 4 is 5.97 Å². The van der Waals surface area contributed by atoms with Crippen LogP contribution in [0.25, 0.3) is 0 Å². The second-order valence-corrected chi connectivity index (χ2v) is 7.07. The van der Waals surface area contributed by atoms with E-state index in [1.807, 2.05) is 6.92 Å². The Bertz CT molecular complexity index is 254. The number of rotatable bonds is 3. The first-order valence-electron chi connectivity index (χ1n) is 6.28. The Morgan fingerprint density at radius 1 is 1.06 bits per heavy atom. The highest BCUT2D eigenvalue weighted by atomic mass is 17.1. The van der Waals surface area contributed by atoms with Gasteiger partial charge in [-0.3, -0.25) is 0 Å². The van der Waals surface area contributed by atoms with E-state index >= 15 is 0 Å². The van der Waals surface area contributed by atoms with Crippen molar-refractivity contribution in [3.05, 3.63) is 0 Å². The predicted molar refractivity (Wildman–Crippen MR) is 69.5 cm³/mol. The lowest BCUT2D eigenvalue weighted by atomic mass is 9.49. The molecule has 1 unspecified atom stereocenters. The van der Waals surface area contributed by atoms with Gasteiger partial charge in [0.05, 0.1) is 5.92 Å². The molecule has 0 aliphatic carbocycles. The van der Waals surface area contributed by atoms with Crippen LogP contribution >= 0.6 is 0 Å². The van der Waals surface area contributed by atoms with Crippen molar-refractivity contribution in [3.8, 4) is 0 Å². The molecule has 3 heteroatoms. The van der Waals surface area contributed by atoms with Gasteiger partial charge in [0.25, 0.3) is 0 Å². The van der Waals surface area contributed by atoms with Crippen LogP contribution in [0, 0.1) is 22.2 Å². The molecule has 0 saturated heterocycles. The molecule has 3 nitrogen and oxygen atoms in total. The average Bonchev–Trinajstić information content (AvgIpc) is 2.14. The third-order valence-electron chi connectivity index (χ3n) is 4.60. The predicted octanol–water partition coefficient (Wildman–Crippen LogP) is 4.13. The molecule has 0 aromatic carbocycles. The zero-order valence-corrected chi connectivity index (χ0v) is 12.5. The zero-order chi connectivity index (χ0) is 14.1. The number of hydrogen-bond donors (Lipinski definition) is 1. The maximum absolute atomic E-state index is 11.8. The van der Waals surface area contributed by atoms with Crippen LogP contribution in [-0.2, 0) is 9.68 Å². The first-order chi connectivity index (χ1) is 7.43. The monoisotopic (exact) mass is 244 g/mol. The summed E-state index contributed by atoms with van der Waals surface area (Å²) >= 11 is 0. The molecule has 0 saturated carbocycles. The van der Waals surface area contributed by atoms with Gasteiger partial charge in [-0.2, -0.15) is 5.26 Å². The molecule has 17 heavy (non-hydrogen) atoms.